The number of benzene rings is 1. The van der Waals surface area contributed by atoms with Gasteiger partial charge in [0.25, 0.3) is 0 Å². The molecule has 3 N–H and O–H groups in total. The molecule has 2 aromatic rings. The first-order valence-corrected chi connectivity index (χ1v) is 5.70. The number of H-pyrrole nitrogens is 1. The summed E-state index contributed by atoms with van der Waals surface area (Å²) in [5.74, 6) is 0.635. The molecule has 1 amide bonds. The van der Waals surface area contributed by atoms with Gasteiger partial charge in [-0.1, -0.05) is 0 Å². The molecule has 1 fully saturated rings. The number of rotatable bonds is 0. The number of aromatic amines is 1. The standard InChI is InChI=1S/C12H12N4O/c1-16-9-5-8-7(14-11(13)15-8)4-6(9)12(2-3-12)10(16)17/h4-5H,2-3H2,1H3,(H3,13,14,15). The third kappa shape index (κ3) is 0.906. The number of nitrogen functional groups attached to an aromatic ring is 1. The zero-order valence-corrected chi connectivity index (χ0v) is 9.45. The Labute approximate surface area is 97.6 Å². The quantitative estimate of drug-likeness (QED) is 0.710. The van der Waals surface area contributed by atoms with Gasteiger partial charge in [0, 0.05) is 12.7 Å². The number of nitrogens with zero attached hydrogens (tertiary/aromatic N) is 2. The molecular formula is C12H12N4O. The van der Waals surface area contributed by atoms with Crippen molar-refractivity contribution in [3.8, 4) is 0 Å². The molecule has 86 valence electrons. The summed E-state index contributed by atoms with van der Waals surface area (Å²) in [4.78, 5) is 21.2. The molecule has 0 saturated heterocycles. The van der Waals surface area contributed by atoms with Crippen molar-refractivity contribution in [1.82, 2.24) is 9.97 Å². The Hall–Kier alpha value is -2.04. The zero-order valence-electron chi connectivity index (χ0n) is 9.45. The van der Waals surface area contributed by atoms with E-state index in [1.165, 1.54) is 0 Å². The number of aromatic nitrogens is 2. The second-order valence-corrected chi connectivity index (χ2v) is 4.95. The van der Waals surface area contributed by atoms with Gasteiger partial charge in [0.1, 0.15) is 0 Å². The minimum atomic E-state index is -0.238. The van der Waals surface area contributed by atoms with E-state index in [-0.39, 0.29) is 11.3 Å². The highest BCUT2D eigenvalue weighted by Crippen LogP contribution is 2.57. The Kier molecular flexibility index (Phi) is 1.30. The minimum Gasteiger partial charge on any atom is -0.369 e. The van der Waals surface area contributed by atoms with Crippen LogP contribution < -0.4 is 10.6 Å². The van der Waals surface area contributed by atoms with Crippen molar-refractivity contribution >= 4 is 28.6 Å². The number of carbonyl (C=O) groups excluding carboxylic acids is 1. The lowest BCUT2D eigenvalue weighted by atomic mass is 9.97. The molecule has 0 atom stereocenters. The fraction of sp³-hybridized carbons (Fsp3) is 0.333. The van der Waals surface area contributed by atoms with Crippen LogP contribution >= 0.6 is 0 Å². The molecule has 0 radical (unpaired) electrons. The lowest BCUT2D eigenvalue weighted by Crippen LogP contribution is -2.27. The third-order valence-corrected chi connectivity index (χ3v) is 3.96. The number of hydrogen-bond donors (Lipinski definition) is 2. The van der Waals surface area contributed by atoms with E-state index in [0.29, 0.717) is 5.95 Å². The second-order valence-electron chi connectivity index (χ2n) is 4.95. The average molecular weight is 228 g/mol. The molecule has 1 aromatic carbocycles. The molecule has 5 nitrogen and oxygen atoms in total. The van der Waals surface area contributed by atoms with Gasteiger partial charge in [0.2, 0.25) is 5.91 Å². The fourth-order valence-corrected chi connectivity index (χ4v) is 2.88. The van der Waals surface area contributed by atoms with E-state index in [4.69, 9.17) is 5.73 Å². The molecule has 1 aliphatic carbocycles. The van der Waals surface area contributed by atoms with Crippen molar-refractivity contribution in [2.75, 3.05) is 17.7 Å². The van der Waals surface area contributed by atoms with Crippen LogP contribution in [0.3, 0.4) is 0 Å². The lowest BCUT2D eigenvalue weighted by molar-refractivity contribution is -0.119. The van der Waals surface area contributed by atoms with Crippen molar-refractivity contribution in [1.29, 1.82) is 0 Å². The second kappa shape index (κ2) is 2.45. The maximum absolute atomic E-state index is 12.2. The molecule has 1 aromatic heterocycles. The van der Waals surface area contributed by atoms with Crippen LogP contribution in [-0.2, 0) is 10.2 Å². The van der Waals surface area contributed by atoms with E-state index < -0.39 is 0 Å². The number of hydrogen-bond acceptors (Lipinski definition) is 3. The topological polar surface area (TPSA) is 75.0 Å². The predicted octanol–water partition coefficient (Wildman–Crippen LogP) is 1.15. The van der Waals surface area contributed by atoms with Gasteiger partial charge in [0.15, 0.2) is 5.95 Å². The summed E-state index contributed by atoms with van der Waals surface area (Å²) < 4.78 is 0. The largest absolute Gasteiger partial charge is 0.369 e. The van der Waals surface area contributed by atoms with Gasteiger partial charge >= 0.3 is 0 Å². The molecule has 1 aliphatic heterocycles. The Balaban J connectivity index is 2.07. The molecule has 17 heavy (non-hydrogen) atoms. The highest BCUT2D eigenvalue weighted by molar-refractivity contribution is 6.11. The summed E-state index contributed by atoms with van der Waals surface area (Å²) >= 11 is 0. The number of nitrogens with two attached hydrogens (primary N) is 1. The zero-order chi connectivity index (χ0) is 11.8. The highest BCUT2D eigenvalue weighted by atomic mass is 16.2. The number of nitrogens with one attached hydrogen (secondary N) is 1. The highest BCUT2D eigenvalue weighted by Gasteiger charge is 2.58. The van der Waals surface area contributed by atoms with Gasteiger partial charge in [-0.15, -0.1) is 0 Å². The summed E-state index contributed by atoms with van der Waals surface area (Å²) in [6.07, 6.45) is 1.91. The summed E-state index contributed by atoms with van der Waals surface area (Å²) in [5.41, 5.74) is 9.25. The third-order valence-electron chi connectivity index (χ3n) is 3.96. The maximum Gasteiger partial charge on any atom is 0.237 e. The SMILES string of the molecule is CN1C(=O)C2(CC2)c2cc3[nH]c(N)nc3cc21. The van der Waals surface area contributed by atoms with Crippen molar-refractivity contribution in [3.05, 3.63) is 17.7 Å². The van der Waals surface area contributed by atoms with Crippen LogP contribution in [0.25, 0.3) is 11.0 Å². The Bertz CT molecular complexity index is 668. The van der Waals surface area contributed by atoms with Gasteiger partial charge in [0.05, 0.1) is 16.4 Å². The average Bonchev–Trinajstić information content (AvgIpc) is 2.98. The van der Waals surface area contributed by atoms with E-state index in [2.05, 4.69) is 9.97 Å². The molecule has 5 heteroatoms. The smallest absolute Gasteiger partial charge is 0.237 e. The van der Waals surface area contributed by atoms with Crippen molar-refractivity contribution < 1.29 is 4.79 Å². The van der Waals surface area contributed by atoms with Crippen LogP contribution in [0.1, 0.15) is 18.4 Å². The monoisotopic (exact) mass is 228 g/mol. The molecule has 1 spiro atoms. The Morgan fingerprint density at radius 1 is 1.47 bits per heavy atom. The first-order valence-electron chi connectivity index (χ1n) is 5.70. The molecule has 1 saturated carbocycles. The van der Waals surface area contributed by atoms with Crippen molar-refractivity contribution in [2.45, 2.75) is 18.3 Å². The van der Waals surface area contributed by atoms with Crippen molar-refractivity contribution in [2.24, 2.45) is 0 Å². The normalized spacial score (nSPS) is 20.3. The Morgan fingerprint density at radius 3 is 2.94 bits per heavy atom. The fourth-order valence-electron chi connectivity index (χ4n) is 2.88. The number of carbonyl (C=O) groups is 1. The molecular weight excluding hydrogens is 216 g/mol. The van der Waals surface area contributed by atoms with Crippen LogP contribution in [0.15, 0.2) is 12.1 Å². The first kappa shape index (κ1) is 9.04. The van der Waals surface area contributed by atoms with Crippen LogP contribution in [0.2, 0.25) is 0 Å². The predicted molar refractivity (Wildman–Crippen MR) is 64.8 cm³/mol. The van der Waals surface area contributed by atoms with Gasteiger partial charge < -0.3 is 15.6 Å². The summed E-state index contributed by atoms with van der Waals surface area (Å²) in [6, 6.07) is 3.98. The van der Waals surface area contributed by atoms with Crippen LogP contribution in [0.4, 0.5) is 11.6 Å². The minimum absolute atomic E-state index is 0.216. The van der Waals surface area contributed by atoms with Crippen LogP contribution in [0.5, 0.6) is 0 Å². The number of amides is 1. The van der Waals surface area contributed by atoms with E-state index in [0.717, 1.165) is 35.1 Å². The summed E-state index contributed by atoms with van der Waals surface area (Å²) in [6.45, 7) is 0. The van der Waals surface area contributed by atoms with Crippen molar-refractivity contribution in [3.63, 3.8) is 0 Å². The lowest BCUT2D eigenvalue weighted by Gasteiger charge is -2.09. The Morgan fingerprint density at radius 2 is 2.24 bits per heavy atom. The van der Waals surface area contributed by atoms with Gasteiger partial charge in [-0.05, 0) is 30.5 Å². The number of fused-ring (bicyclic) bond motifs is 3. The maximum atomic E-state index is 12.2. The summed E-state index contributed by atoms with van der Waals surface area (Å²) in [7, 11) is 1.83. The van der Waals surface area contributed by atoms with E-state index >= 15 is 0 Å². The van der Waals surface area contributed by atoms with E-state index in [1.54, 1.807) is 4.90 Å². The van der Waals surface area contributed by atoms with Crippen LogP contribution in [0, 0.1) is 0 Å². The number of imidazole rings is 1. The molecule has 2 heterocycles. The molecule has 0 bridgehead atoms. The van der Waals surface area contributed by atoms with Gasteiger partial charge in [-0.2, -0.15) is 0 Å². The van der Waals surface area contributed by atoms with Crippen LogP contribution in [-0.4, -0.2) is 22.9 Å². The first-order chi connectivity index (χ1) is 8.12. The number of likely N-dealkylation sites (N-methyl/N-ethyl adjacent to an activating group) is 1. The molecule has 4 rings (SSSR count). The van der Waals surface area contributed by atoms with Gasteiger partial charge in [-0.25, -0.2) is 4.98 Å². The van der Waals surface area contributed by atoms with E-state index in [9.17, 15) is 4.79 Å². The number of anilines is 2. The molecule has 2 aliphatic rings. The van der Waals surface area contributed by atoms with Gasteiger partial charge in [-0.3, -0.25) is 4.79 Å². The van der Waals surface area contributed by atoms with E-state index in [1.807, 2.05) is 19.2 Å². The summed E-state index contributed by atoms with van der Waals surface area (Å²) in [5, 5.41) is 0. The molecule has 0 unspecified atom stereocenters.